The number of nitrogens with two attached hydrogens (primary N) is 1. The van der Waals surface area contributed by atoms with Crippen molar-refractivity contribution in [3.8, 4) is 0 Å². The van der Waals surface area contributed by atoms with Crippen molar-refractivity contribution in [1.29, 1.82) is 0 Å². The summed E-state index contributed by atoms with van der Waals surface area (Å²) in [6.07, 6.45) is 5.17. The highest BCUT2D eigenvalue weighted by Gasteiger charge is 2.40. The third-order valence-electron chi connectivity index (χ3n) is 3.54. The van der Waals surface area contributed by atoms with Crippen LogP contribution in [0.25, 0.3) is 0 Å². The summed E-state index contributed by atoms with van der Waals surface area (Å²) in [7, 11) is 0. The van der Waals surface area contributed by atoms with E-state index in [4.69, 9.17) is 5.73 Å². The maximum Gasteiger partial charge on any atom is 0.0249 e. The molecule has 0 bridgehead atoms. The van der Waals surface area contributed by atoms with E-state index in [2.05, 4.69) is 26.1 Å². The molecule has 2 heteroatoms. The van der Waals surface area contributed by atoms with Gasteiger partial charge in [-0.3, -0.25) is 0 Å². The summed E-state index contributed by atoms with van der Waals surface area (Å²) in [6, 6.07) is 0. The quantitative estimate of drug-likeness (QED) is 0.661. The Labute approximate surface area is 82.3 Å². The third-order valence-corrected chi connectivity index (χ3v) is 3.54. The molecule has 0 aliphatic heterocycles. The summed E-state index contributed by atoms with van der Waals surface area (Å²) in [4.78, 5) is 0. The molecule has 0 saturated heterocycles. The molecule has 1 aliphatic carbocycles. The predicted octanol–water partition coefficient (Wildman–Crippen LogP) is 1.89. The zero-order valence-electron chi connectivity index (χ0n) is 9.32. The molecule has 0 amide bonds. The molecule has 1 aliphatic rings. The van der Waals surface area contributed by atoms with Gasteiger partial charge in [0.2, 0.25) is 0 Å². The number of rotatable bonds is 6. The fourth-order valence-electron chi connectivity index (χ4n) is 1.57. The van der Waals surface area contributed by atoms with Gasteiger partial charge >= 0.3 is 0 Å². The van der Waals surface area contributed by atoms with Gasteiger partial charge in [0, 0.05) is 18.6 Å². The predicted molar refractivity (Wildman–Crippen MR) is 57.7 cm³/mol. The van der Waals surface area contributed by atoms with E-state index in [-0.39, 0.29) is 5.54 Å². The van der Waals surface area contributed by atoms with Crippen LogP contribution in [0.15, 0.2) is 0 Å². The van der Waals surface area contributed by atoms with Crippen molar-refractivity contribution in [2.24, 2.45) is 11.1 Å². The molecule has 0 spiro atoms. The smallest absolute Gasteiger partial charge is 0.0249 e. The molecule has 1 fully saturated rings. The molecule has 1 saturated carbocycles. The van der Waals surface area contributed by atoms with Crippen molar-refractivity contribution in [1.82, 2.24) is 5.32 Å². The molecule has 78 valence electrons. The van der Waals surface area contributed by atoms with E-state index in [9.17, 15) is 0 Å². The maximum atomic E-state index is 6.04. The van der Waals surface area contributed by atoms with Crippen LogP contribution in [0.1, 0.15) is 46.5 Å². The maximum absolute atomic E-state index is 6.04. The van der Waals surface area contributed by atoms with E-state index in [0.29, 0.717) is 5.41 Å². The van der Waals surface area contributed by atoms with Crippen molar-refractivity contribution >= 4 is 0 Å². The van der Waals surface area contributed by atoms with Gasteiger partial charge in [-0.1, -0.05) is 13.8 Å². The van der Waals surface area contributed by atoms with Crippen LogP contribution in [0.3, 0.4) is 0 Å². The minimum atomic E-state index is -0.0240. The highest BCUT2D eigenvalue weighted by Crippen LogP contribution is 2.47. The van der Waals surface area contributed by atoms with E-state index >= 15 is 0 Å². The van der Waals surface area contributed by atoms with E-state index in [1.54, 1.807) is 0 Å². The van der Waals surface area contributed by atoms with Gasteiger partial charge < -0.3 is 11.1 Å². The summed E-state index contributed by atoms with van der Waals surface area (Å²) >= 11 is 0. The van der Waals surface area contributed by atoms with Crippen LogP contribution in [0, 0.1) is 5.41 Å². The molecule has 0 aromatic carbocycles. The Morgan fingerprint density at radius 1 is 1.38 bits per heavy atom. The summed E-state index contributed by atoms with van der Waals surface area (Å²) in [5.74, 6) is 0. The largest absolute Gasteiger partial charge is 0.324 e. The lowest BCUT2D eigenvalue weighted by atomic mass is 9.99. The molecule has 0 aromatic rings. The lowest BCUT2D eigenvalue weighted by Crippen LogP contribution is -2.46. The minimum absolute atomic E-state index is 0.0240. The summed E-state index contributed by atoms with van der Waals surface area (Å²) in [6.45, 7) is 8.66. The van der Waals surface area contributed by atoms with E-state index in [1.165, 1.54) is 19.3 Å². The van der Waals surface area contributed by atoms with Gasteiger partial charge in [0.1, 0.15) is 0 Å². The van der Waals surface area contributed by atoms with Gasteiger partial charge in [-0.15, -0.1) is 0 Å². The lowest BCUT2D eigenvalue weighted by Gasteiger charge is -2.24. The van der Waals surface area contributed by atoms with Crippen LogP contribution < -0.4 is 11.1 Å². The second kappa shape index (κ2) is 3.97. The lowest BCUT2D eigenvalue weighted by molar-refractivity contribution is 0.373. The summed E-state index contributed by atoms with van der Waals surface area (Å²) in [5, 5.41) is 3.51. The van der Waals surface area contributed by atoms with Crippen molar-refractivity contribution in [3.05, 3.63) is 0 Å². The Hall–Kier alpha value is -0.0800. The zero-order chi connectivity index (χ0) is 9.95. The average Bonchev–Trinajstić information content (AvgIpc) is 2.85. The fourth-order valence-corrected chi connectivity index (χ4v) is 1.57. The number of nitrogens with one attached hydrogen (secondary N) is 1. The molecular weight excluding hydrogens is 160 g/mol. The molecule has 0 heterocycles. The first kappa shape index (κ1) is 11.0. The minimum Gasteiger partial charge on any atom is -0.324 e. The average molecular weight is 184 g/mol. The summed E-state index contributed by atoms with van der Waals surface area (Å²) in [5.41, 5.74) is 6.66. The Bertz CT molecular complexity index is 153. The van der Waals surface area contributed by atoms with Gasteiger partial charge in [0.25, 0.3) is 0 Å². The van der Waals surface area contributed by atoms with Gasteiger partial charge in [-0.25, -0.2) is 0 Å². The molecule has 1 rings (SSSR count). The first-order valence-electron chi connectivity index (χ1n) is 5.53. The van der Waals surface area contributed by atoms with Crippen LogP contribution in [-0.2, 0) is 0 Å². The molecular formula is C11H24N2. The molecule has 13 heavy (non-hydrogen) atoms. The molecule has 1 atom stereocenters. The van der Waals surface area contributed by atoms with Crippen LogP contribution in [-0.4, -0.2) is 18.6 Å². The van der Waals surface area contributed by atoms with Crippen molar-refractivity contribution < 1.29 is 0 Å². The number of hydrogen-bond acceptors (Lipinski definition) is 2. The molecule has 3 N–H and O–H groups in total. The second-order valence-corrected chi connectivity index (χ2v) is 4.96. The SMILES string of the molecule is CCC(C)(N)CNCC1(CC)CC1. The zero-order valence-corrected chi connectivity index (χ0v) is 9.32. The Balaban J connectivity index is 2.14. The van der Waals surface area contributed by atoms with Gasteiger partial charge in [-0.05, 0) is 38.0 Å². The Morgan fingerprint density at radius 3 is 2.38 bits per heavy atom. The van der Waals surface area contributed by atoms with Crippen LogP contribution in [0.2, 0.25) is 0 Å². The third kappa shape index (κ3) is 3.28. The fraction of sp³-hybridized carbons (Fsp3) is 1.00. The van der Waals surface area contributed by atoms with Crippen LogP contribution >= 0.6 is 0 Å². The van der Waals surface area contributed by atoms with Gasteiger partial charge in [-0.2, -0.15) is 0 Å². The Kier molecular flexibility index (Phi) is 3.36. The van der Waals surface area contributed by atoms with Crippen LogP contribution in [0.4, 0.5) is 0 Å². The van der Waals surface area contributed by atoms with E-state index in [0.717, 1.165) is 19.5 Å². The normalized spacial score (nSPS) is 24.0. The number of hydrogen-bond donors (Lipinski definition) is 2. The van der Waals surface area contributed by atoms with Crippen molar-refractivity contribution in [2.75, 3.05) is 13.1 Å². The highest BCUT2D eigenvalue weighted by molar-refractivity contribution is 4.94. The van der Waals surface area contributed by atoms with E-state index < -0.39 is 0 Å². The van der Waals surface area contributed by atoms with Crippen molar-refractivity contribution in [2.45, 2.75) is 52.0 Å². The topological polar surface area (TPSA) is 38.0 Å². The molecule has 0 radical (unpaired) electrons. The highest BCUT2D eigenvalue weighted by atomic mass is 14.9. The summed E-state index contributed by atoms with van der Waals surface area (Å²) < 4.78 is 0. The first-order chi connectivity index (χ1) is 6.04. The molecule has 1 unspecified atom stereocenters. The standard InChI is InChI=1S/C11H24N2/c1-4-10(3,12)8-13-9-11(5-2)6-7-11/h13H,4-9,12H2,1-3H3. The molecule has 2 nitrogen and oxygen atoms in total. The monoisotopic (exact) mass is 184 g/mol. The van der Waals surface area contributed by atoms with Crippen molar-refractivity contribution in [3.63, 3.8) is 0 Å². The Morgan fingerprint density at radius 2 is 2.00 bits per heavy atom. The van der Waals surface area contributed by atoms with Gasteiger partial charge in [0.05, 0.1) is 0 Å². The van der Waals surface area contributed by atoms with Gasteiger partial charge in [0.15, 0.2) is 0 Å². The second-order valence-electron chi connectivity index (χ2n) is 4.96. The van der Waals surface area contributed by atoms with E-state index in [1.807, 2.05) is 0 Å². The molecule has 0 aromatic heterocycles. The van der Waals surface area contributed by atoms with Crippen LogP contribution in [0.5, 0.6) is 0 Å². The first-order valence-corrected chi connectivity index (χ1v) is 5.53.